The molecule has 1 aromatic carbocycles. The number of halogens is 3. The molecule has 2 aromatic rings. The Bertz CT molecular complexity index is 642. The van der Waals surface area contributed by atoms with Gasteiger partial charge in [-0.1, -0.05) is 36.7 Å². The first-order valence-corrected chi connectivity index (χ1v) is 7.52. The van der Waals surface area contributed by atoms with Gasteiger partial charge in [-0.15, -0.1) is 0 Å². The molecule has 106 valence electrons. The molecule has 3 nitrogen and oxygen atoms in total. The molecule has 0 unspecified atom stereocenters. The molecule has 0 aliphatic carbocycles. The first-order valence-electron chi connectivity index (χ1n) is 5.94. The summed E-state index contributed by atoms with van der Waals surface area (Å²) in [5, 5.41) is 0. The Balaban J connectivity index is 2.36. The van der Waals surface area contributed by atoms with Crippen molar-refractivity contribution >= 4 is 31.9 Å². The summed E-state index contributed by atoms with van der Waals surface area (Å²) in [7, 11) is 0. The predicted octanol–water partition coefficient (Wildman–Crippen LogP) is 5.23. The van der Waals surface area contributed by atoms with Gasteiger partial charge in [-0.05, 0) is 34.1 Å². The predicted molar refractivity (Wildman–Crippen MR) is 82.6 cm³/mol. The van der Waals surface area contributed by atoms with E-state index >= 15 is 0 Å². The van der Waals surface area contributed by atoms with E-state index in [2.05, 4.69) is 41.8 Å². The minimum absolute atomic E-state index is 0.124. The summed E-state index contributed by atoms with van der Waals surface area (Å²) in [5.74, 6) is 0.600. The molecule has 0 spiro atoms. The molecule has 0 radical (unpaired) electrons. The molecule has 0 fully saturated rings. The minimum atomic E-state index is -0.452. The number of hydrogen-bond donors (Lipinski definition) is 0. The topological polar surface area (TPSA) is 35.0 Å². The molecule has 20 heavy (non-hydrogen) atoms. The van der Waals surface area contributed by atoms with Gasteiger partial charge >= 0.3 is 0 Å². The second-order valence-electron chi connectivity index (χ2n) is 5.28. The summed E-state index contributed by atoms with van der Waals surface area (Å²) in [5.41, 5.74) is -0.222. The van der Waals surface area contributed by atoms with Crippen LogP contribution in [0.15, 0.2) is 33.3 Å². The Morgan fingerprint density at radius 2 is 1.80 bits per heavy atom. The first-order chi connectivity index (χ1) is 9.25. The van der Waals surface area contributed by atoms with Crippen molar-refractivity contribution in [2.24, 2.45) is 0 Å². The zero-order chi connectivity index (χ0) is 14.9. The molecule has 0 aliphatic rings. The SMILES string of the molecule is CC(C)(C)c1nc(Br)cc(Oc2ccc(Br)cc2F)n1. The Labute approximate surface area is 133 Å². The lowest BCUT2D eigenvalue weighted by Crippen LogP contribution is -2.16. The molecule has 1 heterocycles. The average molecular weight is 404 g/mol. The summed E-state index contributed by atoms with van der Waals surface area (Å²) in [6.45, 7) is 6.00. The zero-order valence-electron chi connectivity index (χ0n) is 11.2. The summed E-state index contributed by atoms with van der Waals surface area (Å²) in [6, 6.07) is 6.21. The highest BCUT2D eigenvalue weighted by molar-refractivity contribution is 9.10. The highest BCUT2D eigenvalue weighted by Crippen LogP contribution is 2.29. The normalized spacial score (nSPS) is 11.5. The fourth-order valence-electron chi connectivity index (χ4n) is 1.46. The van der Waals surface area contributed by atoms with Crippen molar-refractivity contribution in [2.45, 2.75) is 26.2 Å². The lowest BCUT2D eigenvalue weighted by atomic mass is 9.96. The molecule has 0 amide bonds. The number of benzene rings is 1. The van der Waals surface area contributed by atoms with Crippen molar-refractivity contribution in [3.8, 4) is 11.6 Å². The number of hydrogen-bond acceptors (Lipinski definition) is 3. The van der Waals surface area contributed by atoms with E-state index in [9.17, 15) is 4.39 Å². The number of rotatable bonds is 2. The van der Waals surface area contributed by atoms with E-state index in [0.29, 0.717) is 20.8 Å². The van der Waals surface area contributed by atoms with Gasteiger partial charge in [-0.25, -0.2) is 9.37 Å². The van der Waals surface area contributed by atoms with Crippen LogP contribution in [-0.4, -0.2) is 9.97 Å². The number of ether oxygens (including phenoxy) is 1. The lowest BCUT2D eigenvalue weighted by Gasteiger charge is -2.17. The van der Waals surface area contributed by atoms with Crippen LogP contribution in [0.2, 0.25) is 0 Å². The Morgan fingerprint density at radius 1 is 1.10 bits per heavy atom. The molecular formula is C14H13Br2FN2O. The van der Waals surface area contributed by atoms with E-state index in [1.165, 1.54) is 6.07 Å². The molecule has 0 saturated heterocycles. The lowest BCUT2D eigenvalue weighted by molar-refractivity contribution is 0.416. The molecule has 0 bridgehead atoms. The standard InChI is InChI=1S/C14H13Br2FN2O/c1-14(2,3)13-18-11(16)7-12(19-13)20-10-5-4-8(15)6-9(10)17/h4-7H,1-3H3. The van der Waals surface area contributed by atoms with Crippen LogP contribution in [0, 0.1) is 5.82 Å². The van der Waals surface area contributed by atoms with Gasteiger partial charge in [-0.3, -0.25) is 0 Å². The third kappa shape index (κ3) is 3.76. The molecule has 0 atom stereocenters. The Hall–Kier alpha value is -1.01. The van der Waals surface area contributed by atoms with Crippen LogP contribution in [0.4, 0.5) is 4.39 Å². The average Bonchev–Trinajstić information content (AvgIpc) is 2.31. The molecule has 6 heteroatoms. The van der Waals surface area contributed by atoms with Crippen LogP contribution in [0.1, 0.15) is 26.6 Å². The van der Waals surface area contributed by atoms with Crippen LogP contribution in [0.25, 0.3) is 0 Å². The van der Waals surface area contributed by atoms with Gasteiger partial charge in [0.25, 0.3) is 0 Å². The van der Waals surface area contributed by atoms with E-state index in [4.69, 9.17) is 4.74 Å². The number of aromatic nitrogens is 2. The van der Waals surface area contributed by atoms with Gasteiger partial charge in [-0.2, -0.15) is 4.98 Å². The Kier molecular flexibility index (Phi) is 4.44. The maximum atomic E-state index is 13.8. The second kappa shape index (κ2) is 5.77. The molecular weight excluding hydrogens is 391 g/mol. The van der Waals surface area contributed by atoms with Crippen molar-refractivity contribution in [3.05, 3.63) is 45.0 Å². The maximum absolute atomic E-state index is 13.8. The maximum Gasteiger partial charge on any atom is 0.223 e. The van der Waals surface area contributed by atoms with E-state index in [1.807, 2.05) is 20.8 Å². The summed E-state index contributed by atoms with van der Waals surface area (Å²) in [4.78, 5) is 8.63. The summed E-state index contributed by atoms with van der Waals surface area (Å²) < 4.78 is 20.5. The van der Waals surface area contributed by atoms with Crippen LogP contribution in [0.3, 0.4) is 0 Å². The minimum Gasteiger partial charge on any atom is -0.436 e. The van der Waals surface area contributed by atoms with Crippen LogP contribution < -0.4 is 4.74 Å². The van der Waals surface area contributed by atoms with Crippen molar-refractivity contribution in [1.29, 1.82) is 0 Å². The van der Waals surface area contributed by atoms with Gasteiger partial charge in [0.1, 0.15) is 10.4 Å². The van der Waals surface area contributed by atoms with E-state index in [-0.39, 0.29) is 11.2 Å². The van der Waals surface area contributed by atoms with Crippen molar-refractivity contribution < 1.29 is 9.13 Å². The van der Waals surface area contributed by atoms with Crippen molar-refractivity contribution in [3.63, 3.8) is 0 Å². The molecule has 0 N–H and O–H groups in total. The third-order valence-corrected chi connectivity index (χ3v) is 3.35. The van der Waals surface area contributed by atoms with Gasteiger partial charge < -0.3 is 4.74 Å². The smallest absolute Gasteiger partial charge is 0.223 e. The fourth-order valence-corrected chi connectivity index (χ4v) is 2.15. The highest BCUT2D eigenvalue weighted by atomic mass is 79.9. The summed E-state index contributed by atoms with van der Waals surface area (Å²) >= 11 is 6.52. The van der Waals surface area contributed by atoms with Crippen LogP contribution in [0.5, 0.6) is 11.6 Å². The number of nitrogens with zero attached hydrogens (tertiary/aromatic N) is 2. The monoisotopic (exact) mass is 402 g/mol. The second-order valence-corrected chi connectivity index (χ2v) is 7.01. The van der Waals surface area contributed by atoms with Gasteiger partial charge in [0.2, 0.25) is 5.88 Å². The third-order valence-electron chi connectivity index (χ3n) is 2.45. The first kappa shape index (κ1) is 15.4. The molecule has 1 aromatic heterocycles. The van der Waals surface area contributed by atoms with E-state index < -0.39 is 5.82 Å². The zero-order valence-corrected chi connectivity index (χ0v) is 14.4. The fraction of sp³-hybridized carbons (Fsp3) is 0.286. The van der Waals surface area contributed by atoms with Crippen molar-refractivity contribution in [2.75, 3.05) is 0 Å². The quantitative estimate of drug-likeness (QED) is 0.644. The van der Waals surface area contributed by atoms with Gasteiger partial charge in [0.05, 0.1) is 0 Å². The molecule has 0 aliphatic heterocycles. The van der Waals surface area contributed by atoms with Gasteiger partial charge in [0, 0.05) is 16.0 Å². The molecule has 2 rings (SSSR count). The largest absolute Gasteiger partial charge is 0.436 e. The van der Waals surface area contributed by atoms with Crippen LogP contribution >= 0.6 is 31.9 Å². The van der Waals surface area contributed by atoms with Crippen LogP contribution in [-0.2, 0) is 5.41 Å². The Morgan fingerprint density at radius 3 is 2.40 bits per heavy atom. The van der Waals surface area contributed by atoms with Crippen molar-refractivity contribution in [1.82, 2.24) is 9.97 Å². The van der Waals surface area contributed by atoms with E-state index in [1.54, 1.807) is 18.2 Å². The summed E-state index contributed by atoms with van der Waals surface area (Å²) in [6.07, 6.45) is 0. The highest BCUT2D eigenvalue weighted by Gasteiger charge is 2.19. The van der Waals surface area contributed by atoms with Gasteiger partial charge in [0.15, 0.2) is 11.6 Å². The molecule has 0 saturated carbocycles. The van der Waals surface area contributed by atoms with E-state index in [0.717, 1.165) is 0 Å².